The average molecular weight is 419 g/mol. The number of aromatic nitrogens is 3. The Hall–Kier alpha value is -2.87. The number of rotatable bonds is 5. The highest BCUT2D eigenvalue weighted by molar-refractivity contribution is 7.17. The summed E-state index contributed by atoms with van der Waals surface area (Å²) in [7, 11) is 0. The Morgan fingerprint density at radius 1 is 1.00 bits per heavy atom. The molecule has 0 unspecified atom stereocenters. The van der Waals surface area contributed by atoms with Crippen LogP contribution >= 0.6 is 11.3 Å². The second kappa shape index (κ2) is 8.47. The van der Waals surface area contributed by atoms with Gasteiger partial charge < -0.3 is 14.9 Å². The van der Waals surface area contributed by atoms with Gasteiger partial charge in [-0.2, -0.15) is 0 Å². The summed E-state index contributed by atoms with van der Waals surface area (Å²) in [5.74, 6) is 1.66. The molecule has 4 aromatic rings. The number of anilines is 1. The number of hydrogen-bond acceptors (Lipinski definition) is 6. The van der Waals surface area contributed by atoms with Gasteiger partial charge in [0.15, 0.2) is 5.82 Å². The maximum absolute atomic E-state index is 9.28. The van der Waals surface area contributed by atoms with Crippen LogP contribution in [-0.2, 0) is 0 Å². The van der Waals surface area contributed by atoms with Gasteiger partial charge in [0.1, 0.15) is 22.9 Å². The fraction of sp³-hybridized carbons (Fsp3) is 0.261. The van der Waals surface area contributed by atoms with Gasteiger partial charge in [0, 0.05) is 17.1 Å². The minimum atomic E-state index is 0.236. The van der Waals surface area contributed by atoms with Gasteiger partial charge in [-0.05, 0) is 17.7 Å². The van der Waals surface area contributed by atoms with Crippen molar-refractivity contribution >= 4 is 27.4 Å². The van der Waals surface area contributed by atoms with E-state index in [0.29, 0.717) is 5.82 Å². The fourth-order valence-corrected chi connectivity index (χ4v) is 4.98. The molecule has 0 spiro atoms. The Bertz CT molecular complexity index is 1120. The number of nitrogens with zero attached hydrogens (tertiary/aromatic N) is 4. The van der Waals surface area contributed by atoms with E-state index in [4.69, 9.17) is 9.97 Å². The molecular formula is C23H24N5OS+. The number of aliphatic hydroxyl groups excluding tert-OH is 1. The smallest absolute Gasteiger partial charge is 0.181 e. The Balaban J connectivity index is 1.62. The van der Waals surface area contributed by atoms with Gasteiger partial charge in [0.2, 0.25) is 0 Å². The molecule has 7 heteroatoms. The molecule has 1 saturated heterocycles. The second-order valence-corrected chi connectivity index (χ2v) is 8.35. The zero-order valence-electron chi connectivity index (χ0n) is 16.7. The molecule has 2 N–H and O–H groups in total. The van der Waals surface area contributed by atoms with Gasteiger partial charge in [-0.3, -0.25) is 4.98 Å². The average Bonchev–Trinajstić information content (AvgIpc) is 3.25. The van der Waals surface area contributed by atoms with Gasteiger partial charge in [-0.15, -0.1) is 11.3 Å². The maximum Gasteiger partial charge on any atom is 0.181 e. The zero-order chi connectivity index (χ0) is 20.3. The van der Waals surface area contributed by atoms with Crippen LogP contribution in [0.4, 0.5) is 5.82 Å². The maximum atomic E-state index is 9.28. The molecule has 1 aromatic carbocycles. The van der Waals surface area contributed by atoms with Gasteiger partial charge in [-0.1, -0.05) is 36.4 Å². The van der Waals surface area contributed by atoms with Crippen LogP contribution in [0.5, 0.6) is 0 Å². The van der Waals surface area contributed by atoms with Crippen molar-refractivity contribution in [3.63, 3.8) is 0 Å². The number of fused-ring (bicyclic) bond motifs is 1. The first-order valence-corrected chi connectivity index (χ1v) is 11.2. The summed E-state index contributed by atoms with van der Waals surface area (Å²) in [6, 6.07) is 16.3. The van der Waals surface area contributed by atoms with Crippen LogP contribution < -0.4 is 9.80 Å². The van der Waals surface area contributed by atoms with E-state index >= 15 is 0 Å². The third-order valence-corrected chi connectivity index (χ3v) is 6.50. The molecule has 0 atom stereocenters. The largest absolute Gasteiger partial charge is 0.391 e. The Labute approximate surface area is 179 Å². The topological polar surface area (TPSA) is 66.6 Å². The van der Waals surface area contributed by atoms with Crippen molar-refractivity contribution in [1.29, 1.82) is 0 Å². The minimum absolute atomic E-state index is 0.236. The molecule has 30 heavy (non-hydrogen) atoms. The van der Waals surface area contributed by atoms with E-state index in [1.54, 1.807) is 17.5 Å². The lowest BCUT2D eigenvalue weighted by Crippen LogP contribution is -3.15. The highest BCUT2D eigenvalue weighted by atomic mass is 32.1. The van der Waals surface area contributed by atoms with E-state index in [0.717, 1.165) is 54.5 Å². The summed E-state index contributed by atoms with van der Waals surface area (Å²) >= 11 is 1.66. The molecular weight excluding hydrogens is 394 g/mol. The number of aliphatic hydroxyl groups is 1. The number of piperazine rings is 1. The van der Waals surface area contributed by atoms with Crippen LogP contribution in [0.25, 0.3) is 32.9 Å². The van der Waals surface area contributed by atoms with Crippen LogP contribution in [0.3, 0.4) is 0 Å². The number of pyridine rings is 1. The van der Waals surface area contributed by atoms with Crippen molar-refractivity contribution in [3.05, 3.63) is 60.1 Å². The molecule has 5 rings (SSSR count). The van der Waals surface area contributed by atoms with Crippen LogP contribution in [0, 0.1) is 0 Å². The van der Waals surface area contributed by atoms with E-state index in [1.807, 2.05) is 24.3 Å². The normalized spacial score (nSPS) is 15.0. The van der Waals surface area contributed by atoms with Gasteiger partial charge in [-0.25, -0.2) is 9.97 Å². The van der Waals surface area contributed by atoms with E-state index in [2.05, 4.69) is 39.5 Å². The third-order valence-electron chi connectivity index (χ3n) is 5.63. The van der Waals surface area contributed by atoms with Crippen molar-refractivity contribution in [2.45, 2.75) is 0 Å². The highest BCUT2D eigenvalue weighted by Gasteiger charge is 2.25. The molecule has 1 aliphatic rings. The van der Waals surface area contributed by atoms with Crippen LogP contribution in [0.2, 0.25) is 0 Å². The molecule has 1 fully saturated rings. The molecule has 0 bridgehead atoms. The molecule has 6 nitrogen and oxygen atoms in total. The van der Waals surface area contributed by atoms with Crippen molar-refractivity contribution < 1.29 is 10.0 Å². The standard InChI is InChI=1S/C23H23N5OS/c29-15-14-27-10-12-28(13-11-27)22-20-18(17-6-2-1-3-7-17)16-30-23(20)26-21(25-22)19-8-4-5-9-24-19/h1-9,16,29H,10-15H2/p+1. The number of thiophene rings is 1. The summed E-state index contributed by atoms with van der Waals surface area (Å²) in [5, 5.41) is 12.6. The van der Waals surface area contributed by atoms with Crippen molar-refractivity contribution in [1.82, 2.24) is 15.0 Å². The summed E-state index contributed by atoms with van der Waals surface area (Å²) in [6.07, 6.45) is 1.78. The number of nitrogens with one attached hydrogen (secondary N) is 1. The molecule has 1 aliphatic heterocycles. The van der Waals surface area contributed by atoms with Crippen molar-refractivity contribution in [2.24, 2.45) is 0 Å². The highest BCUT2D eigenvalue weighted by Crippen LogP contribution is 2.39. The number of benzene rings is 1. The Morgan fingerprint density at radius 3 is 2.53 bits per heavy atom. The first-order chi connectivity index (χ1) is 14.8. The van der Waals surface area contributed by atoms with E-state index in [1.165, 1.54) is 16.0 Å². The number of hydrogen-bond donors (Lipinski definition) is 2. The van der Waals surface area contributed by atoms with Crippen LogP contribution in [-0.4, -0.2) is 59.4 Å². The van der Waals surface area contributed by atoms with E-state index in [-0.39, 0.29) is 6.61 Å². The predicted octanol–water partition coefficient (Wildman–Crippen LogP) is 2.12. The van der Waals surface area contributed by atoms with E-state index < -0.39 is 0 Å². The second-order valence-electron chi connectivity index (χ2n) is 7.49. The van der Waals surface area contributed by atoms with Crippen LogP contribution in [0.15, 0.2) is 60.1 Å². The van der Waals surface area contributed by atoms with Crippen molar-refractivity contribution in [2.75, 3.05) is 44.2 Å². The molecule has 4 heterocycles. The minimum Gasteiger partial charge on any atom is -0.391 e. The first kappa shape index (κ1) is 19.1. The lowest BCUT2D eigenvalue weighted by molar-refractivity contribution is -0.900. The van der Waals surface area contributed by atoms with Gasteiger partial charge in [0.25, 0.3) is 0 Å². The summed E-state index contributed by atoms with van der Waals surface area (Å²) < 4.78 is 0. The quantitative estimate of drug-likeness (QED) is 0.520. The predicted molar refractivity (Wildman–Crippen MR) is 121 cm³/mol. The molecule has 3 aromatic heterocycles. The Morgan fingerprint density at radius 2 is 1.80 bits per heavy atom. The van der Waals surface area contributed by atoms with E-state index in [9.17, 15) is 5.11 Å². The fourth-order valence-electron chi connectivity index (χ4n) is 4.03. The molecule has 0 aliphatic carbocycles. The van der Waals surface area contributed by atoms with Gasteiger partial charge in [0.05, 0.1) is 38.2 Å². The SMILES string of the molecule is OCC[NH+]1CCN(c2nc(-c3ccccn3)nc3scc(-c4ccccc4)c23)CC1. The lowest BCUT2D eigenvalue weighted by Gasteiger charge is -2.33. The lowest BCUT2D eigenvalue weighted by atomic mass is 10.1. The molecule has 0 radical (unpaired) electrons. The zero-order valence-corrected chi connectivity index (χ0v) is 17.5. The molecule has 0 amide bonds. The monoisotopic (exact) mass is 418 g/mol. The first-order valence-electron chi connectivity index (χ1n) is 10.3. The third kappa shape index (κ3) is 3.67. The summed E-state index contributed by atoms with van der Waals surface area (Å²) in [5.41, 5.74) is 3.16. The number of quaternary nitrogens is 1. The molecule has 0 saturated carbocycles. The molecule has 152 valence electrons. The summed E-state index contributed by atoms with van der Waals surface area (Å²) in [6.45, 7) is 4.85. The van der Waals surface area contributed by atoms with Gasteiger partial charge >= 0.3 is 0 Å². The Kier molecular flexibility index (Phi) is 5.40. The van der Waals surface area contributed by atoms with Crippen LogP contribution in [0.1, 0.15) is 0 Å². The van der Waals surface area contributed by atoms with Crippen molar-refractivity contribution in [3.8, 4) is 22.6 Å². The summed E-state index contributed by atoms with van der Waals surface area (Å²) in [4.78, 5) is 19.2.